The fourth-order valence-electron chi connectivity index (χ4n) is 2.10. The highest BCUT2D eigenvalue weighted by molar-refractivity contribution is 5.65. The average Bonchev–Trinajstić information content (AvgIpc) is 2.23. The van der Waals surface area contributed by atoms with Crippen molar-refractivity contribution in [1.29, 1.82) is 0 Å². The maximum absolute atomic E-state index is 10.5. The number of fused-ring (bicyclic) bond motifs is 1. The van der Waals surface area contributed by atoms with Crippen molar-refractivity contribution >= 4 is 12.0 Å². The fraction of sp³-hybridized carbons (Fsp3) is 0.417. The van der Waals surface area contributed by atoms with E-state index in [1.807, 2.05) is 6.07 Å². The third-order valence-corrected chi connectivity index (χ3v) is 2.94. The Morgan fingerprint density at radius 2 is 2.29 bits per heavy atom. The van der Waals surface area contributed by atoms with Gasteiger partial charge in [-0.25, -0.2) is 0 Å². The van der Waals surface area contributed by atoms with Gasteiger partial charge in [0.1, 0.15) is 6.29 Å². The first-order chi connectivity index (χ1) is 6.83. The molecule has 1 aromatic carbocycles. The Balaban J connectivity index is 2.36. The zero-order chi connectivity index (χ0) is 9.97. The highest BCUT2D eigenvalue weighted by Crippen LogP contribution is 2.34. The van der Waals surface area contributed by atoms with E-state index in [0.717, 1.165) is 19.3 Å². The van der Waals surface area contributed by atoms with Crippen molar-refractivity contribution in [2.24, 2.45) is 0 Å². The second kappa shape index (κ2) is 3.82. The molecule has 2 rings (SSSR count). The Hall–Kier alpha value is -1.31. The van der Waals surface area contributed by atoms with Crippen LogP contribution >= 0.6 is 0 Å². The quantitative estimate of drug-likeness (QED) is 0.665. The van der Waals surface area contributed by atoms with Gasteiger partial charge in [-0.3, -0.25) is 0 Å². The van der Waals surface area contributed by atoms with E-state index in [1.165, 1.54) is 11.3 Å². The number of aldehydes is 1. The minimum absolute atomic E-state index is 0.518. The molecule has 14 heavy (non-hydrogen) atoms. The molecule has 2 heteroatoms. The molecule has 1 aliphatic rings. The lowest BCUT2D eigenvalue weighted by Crippen LogP contribution is -2.31. The van der Waals surface area contributed by atoms with Crippen LogP contribution in [-0.4, -0.2) is 19.4 Å². The molecule has 0 radical (unpaired) electrons. The van der Waals surface area contributed by atoms with Gasteiger partial charge < -0.3 is 9.69 Å². The highest BCUT2D eigenvalue weighted by atomic mass is 16.1. The molecule has 0 N–H and O–H groups in total. The van der Waals surface area contributed by atoms with Crippen LogP contribution in [0.4, 0.5) is 5.69 Å². The van der Waals surface area contributed by atoms with Gasteiger partial charge in [-0.2, -0.15) is 0 Å². The van der Waals surface area contributed by atoms with Crippen LogP contribution in [0.2, 0.25) is 0 Å². The van der Waals surface area contributed by atoms with Crippen LogP contribution in [-0.2, 0) is 4.79 Å². The smallest absolute Gasteiger partial charge is 0.139 e. The van der Waals surface area contributed by atoms with E-state index in [1.54, 1.807) is 0 Å². The summed E-state index contributed by atoms with van der Waals surface area (Å²) in [5.74, 6) is 0.620. The Kier molecular flexibility index (Phi) is 2.53. The Morgan fingerprint density at radius 3 is 3.07 bits per heavy atom. The minimum Gasteiger partial charge on any atom is -0.364 e. The largest absolute Gasteiger partial charge is 0.364 e. The van der Waals surface area contributed by atoms with E-state index >= 15 is 0 Å². The van der Waals surface area contributed by atoms with Gasteiger partial charge in [0.15, 0.2) is 0 Å². The van der Waals surface area contributed by atoms with Gasteiger partial charge >= 0.3 is 0 Å². The van der Waals surface area contributed by atoms with Crippen LogP contribution in [0, 0.1) is 0 Å². The average molecular weight is 189 g/mol. The molecule has 0 fully saturated rings. The molecule has 1 unspecified atom stereocenters. The summed E-state index contributed by atoms with van der Waals surface area (Å²) in [6.45, 7) is 3.76. The molecule has 1 atom stereocenters. The maximum atomic E-state index is 10.5. The lowest BCUT2D eigenvalue weighted by atomic mass is 9.92. The number of hydrogen-bond donors (Lipinski definition) is 0. The maximum Gasteiger partial charge on any atom is 0.139 e. The van der Waals surface area contributed by atoms with Crippen LogP contribution in [0.25, 0.3) is 0 Å². The second-order valence-corrected chi connectivity index (χ2v) is 3.86. The molecule has 0 aromatic heterocycles. The number of rotatable bonds is 2. The Bertz CT molecular complexity index is 335. The van der Waals surface area contributed by atoms with Gasteiger partial charge in [0.05, 0.1) is 6.54 Å². The number of hydrogen-bond acceptors (Lipinski definition) is 2. The predicted octanol–water partition coefficient (Wildman–Crippen LogP) is 2.20. The van der Waals surface area contributed by atoms with Crippen molar-refractivity contribution in [1.82, 2.24) is 0 Å². The monoisotopic (exact) mass is 189 g/mol. The van der Waals surface area contributed by atoms with E-state index < -0.39 is 0 Å². The predicted molar refractivity (Wildman–Crippen MR) is 57.8 cm³/mol. The van der Waals surface area contributed by atoms with Crippen LogP contribution in [0.3, 0.4) is 0 Å². The van der Waals surface area contributed by atoms with Gasteiger partial charge in [-0.05, 0) is 24.0 Å². The lowest BCUT2D eigenvalue weighted by Gasteiger charge is -2.33. The molecule has 1 heterocycles. The van der Waals surface area contributed by atoms with Crippen molar-refractivity contribution in [3.8, 4) is 0 Å². The number of benzene rings is 1. The number of carbonyl (C=O) groups excluding carboxylic acids is 1. The summed E-state index contributed by atoms with van der Waals surface area (Å²) in [5, 5.41) is 0. The number of carbonyl (C=O) groups is 1. The third-order valence-electron chi connectivity index (χ3n) is 2.94. The van der Waals surface area contributed by atoms with Crippen LogP contribution in [0.15, 0.2) is 24.3 Å². The van der Waals surface area contributed by atoms with Crippen molar-refractivity contribution in [2.75, 3.05) is 18.0 Å². The topological polar surface area (TPSA) is 20.3 Å². The van der Waals surface area contributed by atoms with Crippen molar-refractivity contribution in [3.05, 3.63) is 29.8 Å². The summed E-state index contributed by atoms with van der Waals surface area (Å²) >= 11 is 0. The molecule has 0 amide bonds. The van der Waals surface area contributed by atoms with E-state index in [4.69, 9.17) is 0 Å². The first-order valence-corrected chi connectivity index (χ1v) is 5.10. The molecule has 0 saturated carbocycles. The van der Waals surface area contributed by atoms with Gasteiger partial charge in [-0.1, -0.05) is 25.1 Å². The molecular weight excluding hydrogens is 174 g/mol. The van der Waals surface area contributed by atoms with E-state index in [0.29, 0.717) is 12.5 Å². The fourth-order valence-corrected chi connectivity index (χ4v) is 2.10. The van der Waals surface area contributed by atoms with Crippen molar-refractivity contribution < 1.29 is 4.79 Å². The molecular formula is C12H15NO. The Morgan fingerprint density at radius 1 is 1.50 bits per heavy atom. The van der Waals surface area contributed by atoms with Crippen molar-refractivity contribution in [2.45, 2.75) is 19.3 Å². The summed E-state index contributed by atoms with van der Waals surface area (Å²) in [4.78, 5) is 12.7. The minimum atomic E-state index is 0.518. The number of para-hydroxylation sites is 1. The van der Waals surface area contributed by atoms with Crippen LogP contribution in [0.5, 0.6) is 0 Å². The van der Waals surface area contributed by atoms with Crippen LogP contribution < -0.4 is 4.90 Å². The summed E-state index contributed by atoms with van der Waals surface area (Å²) in [7, 11) is 0. The summed E-state index contributed by atoms with van der Waals surface area (Å²) < 4.78 is 0. The highest BCUT2D eigenvalue weighted by Gasteiger charge is 2.20. The molecule has 0 spiro atoms. The van der Waals surface area contributed by atoms with Gasteiger partial charge in [0.25, 0.3) is 0 Å². The first kappa shape index (κ1) is 9.25. The lowest BCUT2D eigenvalue weighted by molar-refractivity contribution is -0.106. The van der Waals surface area contributed by atoms with E-state index in [2.05, 4.69) is 30.0 Å². The zero-order valence-electron chi connectivity index (χ0n) is 8.44. The summed E-state index contributed by atoms with van der Waals surface area (Å²) in [6, 6.07) is 8.37. The first-order valence-electron chi connectivity index (χ1n) is 5.10. The summed E-state index contributed by atoms with van der Waals surface area (Å²) in [6.07, 6.45) is 2.12. The standard InChI is InChI=1S/C12H15NO/c1-10-6-7-13(8-9-14)12-5-3-2-4-11(10)12/h2-5,9-10H,6-8H2,1H3. The molecule has 1 aliphatic heterocycles. The normalized spacial score (nSPS) is 20.4. The molecule has 74 valence electrons. The van der Waals surface area contributed by atoms with E-state index in [9.17, 15) is 4.79 Å². The zero-order valence-corrected chi connectivity index (χ0v) is 8.44. The molecule has 0 bridgehead atoms. The summed E-state index contributed by atoms with van der Waals surface area (Å²) in [5.41, 5.74) is 2.61. The van der Waals surface area contributed by atoms with E-state index in [-0.39, 0.29) is 0 Å². The SMILES string of the molecule is CC1CCN(CC=O)c2ccccc21. The molecule has 2 nitrogen and oxygen atoms in total. The van der Waals surface area contributed by atoms with Gasteiger partial charge in [0, 0.05) is 12.2 Å². The molecule has 0 saturated heterocycles. The van der Waals surface area contributed by atoms with Crippen molar-refractivity contribution in [3.63, 3.8) is 0 Å². The Labute approximate surface area is 84.5 Å². The third kappa shape index (κ3) is 1.52. The second-order valence-electron chi connectivity index (χ2n) is 3.86. The molecule has 0 aliphatic carbocycles. The number of anilines is 1. The van der Waals surface area contributed by atoms with Gasteiger partial charge in [-0.15, -0.1) is 0 Å². The van der Waals surface area contributed by atoms with Crippen LogP contribution in [0.1, 0.15) is 24.8 Å². The van der Waals surface area contributed by atoms with Gasteiger partial charge in [0.2, 0.25) is 0 Å². The molecule has 1 aromatic rings. The number of nitrogens with zero attached hydrogens (tertiary/aromatic N) is 1.